The van der Waals surface area contributed by atoms with E-state index >= 15 is 0 Å². The summed E-state index contributed by atoms with van der Waals surface area (Å²) in [5.74, 6) is 2.39. The van der Waals surface area contributed by atoms with Crippen LogP contribution in [-0.2, 0) is 4.79 Å². The van der Waals surface area contributed by atoms with E-state index in [9.17, 15) is 4.79 Å². The van der Waals surface area contributed by atoms with Gasteiger partial charge in [0.2, 0.25) is 5.91 Å². The van der Waals surface area contributed by atoms with Crippen molar-refractivity contribution in [3.05, 3.63) is 0 Å². The minimum absolute atomic E-state index is 0.00370. The minimum atomic E-state index is -0.399. The number of carbonyl (C=O) groups is 1. The molecule has 0 aliphatic heterocycles. The van der Waals surface area contributed by atoms with Crippen LogP contribution in [0.1, 0.15) is 45.4 Å². The highest BCUT2D eigenvalue weighted by molar-refractivity contribution is 5.83. The predicted octanol–water partition coefficient (Wildman–Crippen LogP) is 1.90. The molecule has 4 saturated carbocycles. The van der Waals surface area contributed by atoms with E-state index in [-0.39, 0.29) is 17.9 Å². The quantitative estimate of drug-likeness (QED) is 0.797. The second-order valence-electron chi connectivity index (χ2n) is 7.27. The van der Waals surface area contributed by atoms with Crippen molar-refractivity contribution in [3.63, 3.8) is 0 Å². The first-order valence-electron chi connectivity index (χ1n) is 7.99. The summed E-state index contributed by atoms with van der Waals surface area (Å²) in [6.07, 6.45) is 7.48. The number of nitrogens with zero attached hydrogens (tertiary/aromatic N) is 2. The van der Waals surface area contributed by atoms with Crippen LogP contribution in [0.25, 0.3) is 0 Å². The smallest absolute Gasteiger partial charge is 0.240 e. The molecule has 20 heavy (non-hydrogen) atoms. The number of rotatable bonds is 4. The standard InChI is InChI=1S/C16H25N3O/c1-2-19(4-3-17)15(20)14(18)16-8-11-5-12(9-16)7-13(6-11)10-16/h11-14H,2,4-10,18H2,1H3. The molecule has 0 heterocycles. The van der Waals surface area contributed by atoms with Crippen LogP contribution < -0.4 is 5.73 Å². The average Bonchev–Trinajstić information content (AvgIpc) is 2.41. The molecule has 110 valence electrons. The Bertz CT molecular complexity index is 404. The van der Waals surface area contributed by atoms with Crippen LogP contribution in [0.4, 0.5) is 0 Å². The highest BCUT2D eigenvalue weighted by Gasteiger charge is 2.55. The maximum absolute atomic E-state index is 12.6. The van der Waals surface area contributed by atoms with Crippen LogP contribution in [0.3, 0.4) is 0 Å². The zero-order valence-electron chi connectivity index (χ0n) is 12.3. The molecular formula is C16H25N3O. The lowest BCUT2D eigenvalue weighted by Gasteiger charge is -2.58. The molecule has 4 aliphatic rings. The summed E-state index contributed by atoms with van der Waals surface area (Å²) < 4.78 is 0. The lowest BCUT2D eigenvalue weighted by molar-refractivity contribution is -0.142. The van der Waals surface area contributed by atoms with Gasteiger partial charge in [0, 0.05) is 6.54 Å². The molecule has 4 fully saturated rings. The number of hydrogen-bond donors (Lipinski definition) is 1. The monoisotopic (exact) mass is 275 g/mol. The number of hydrogen-bond acceptors (Lipinski definition) is 3. The maximum atomic E-state index is 12.6. The average molecular weight is 275 g/mol. The first kappa shape index (κ1) is 13.9. The topological polar surface area (TPSA) is 70.1 Å². The van der Waals surface area contributed by atoms with Crippen molar-refractivity contribution in [1.82, 2.24) is 4.90 Å². The van der Waals surface area contributed by atoms with Gasteiger partial charge in [-0.1, -0.05) is 0 Å². The van der Waals surface area contributed by atoms with Gasteiger partial charge < -0.3 is 10.6 Å². The fraction of sp³-hybridized carbons (Fsp3) is 0.875. The van der Waals surface area contributed by atoms with Gasteiger partial charge in [-0.25, -0.2) is 0 Å². The van der Waals surface area contributed by atoms with Gasteiger partial charge in [0.25, 0.3) is 0 Å². The molecule has 4 bridgehead atoms. The molecule has 0 saturated heterocycles. The number of nitrogens with two attached hydrogens (primary N) is 1. The fourth-order valence-electron chi connectivity index (χ4n) is 5.45. The van der Waals surface area contributed by atoms with Gasteiger partial charge in [0.1, 0.15) is 6.54 Å². The van der Waals surface area contributed by atoms with Gasteiger partial charge in [0.05, 0.1) is 12.1 Å². The van der Waals surface area contributed by atoms with E-state index in [1.807, 2.05) is 6.92 Å². The molecule has 0 aromatic rings. The second-order valence-corrected chi connectivity index (χ2v) is 7.27. The summed E-state index contributed by atoms with van der Waals surface area (Å²) >= 11 is 0. The molecule has 4 heteroatoms. The van der Waals surface area contributed by atoms with Crippen molar-refractivity contribution in [3.8, 4) is 6.07 Å². The first-order valence-corrected chi connectivity index (χ1v) is 7.99. The lowest BCUT2D eigenvalue weighted by atomic mass is 9.47. The molecule has 1 unspecified atom stereocenters. The van der Waals surface area contributed by atoms with E-state index in [1.54, 1.807) is 4.90 Å². The van der Waals surface area contributed by atoms with Crippen LogP contribution in [-0.4, -0.2) is 29.9 Å². The fourth-order valence-corrected chi connectivity index (χ4v) is 5.45. The van der Waals surface area contributed by atoms with Crippen molar-refractivity contribution in [2.24, 2.45) is 28.9 Å². The van der Waals surface area contributed by atoms with Gasteiger partial charge in [-0.2, -0.15) is 5.26 Å². The molecule has 0 aromatic carbocycles. The third-order valence-electron chi connectivity index (χ3n) is 5.97. The van der Waals surface area contributed by atoms with E-state index in [1.165, 1.54) is 19.3 Å². The number of amides is 1. The second kappa shape index (κ2) is 5.04. The Labute approximate surface area is 121 Å². The Morgan fingerprint density at radius 1 is 1.30 bits per heavy atom. The Morgan fingerprint density at radius 3 is 2.20 bits per heavy atom. The zero-order valence-corrected chi connectivity index (χ0v) is 12.3. The van der Waals surface area contributed by atoms with Crippen molar-refractivity contribution in [2.75, 3.05) is 13.1 Å². The third-order valence-corrected chi connectivity index (χ3v) is 5.97. The SMILES string of the molecule is CCN(CC#N)C(=O)C(N)C12CC3CC(CC(C3)C1)C2. The highest BCUT2D eigenvalue weighted by atomic mass is 16.2. The summed E-state index contributed by atoms with van der Waals surface area (Å²) in [5, 5.41) is 8.85. The van der Waals surface area contributed by atoms with E-state index < -0.39 is 6.04 Å². The summed E-state index contributed by atoms with van der Waals surface area (Å²) in [6.45, 7) is 2.66. The molecule has 0 radical (unpaired) electrons. The van der Waals surface area contributed by atoms with E-state index in [4.69, 9.17) is 11.0 Å². The maximum Gasteiger partial charge on any atom is 0.240 e. The Morgan fingerprint density at radius 2 is 1.80 bits per heavy atom. The Balaban J connectivity index is 1.78. The normalized spacial score (nSPS) is 39.4. The van der Waals surface area contributed by atoms with Gasteiger partial charge in [-0.05, 0) is 68.6 Å². The zero-order chi connectivity index (χ0) is 14.3. The number of nitriles is 1. The molecule has 4 rings (SSSR count). The highest BCUT2D eigenvalue weighted by Crippen LogP contribution is 2.61. The van der Waals surface area contributed by atoms with Crippen molar-refractivity contribution in [1.29, 1.82) is 5.26 Å². The number of carbonyl (C=O) groups excluding carboxylic acids is 1. The van der Waals surface area contributed by atoms with Gasteiger partial charge in [-0.15, -0.1) is 0 Å². The summed E-state index contributed by atoms with van der Waals surface area (Å²) in [7, 11) is 0. The molecule has 0 aromatic heterocycles. The van der Waals surface area contributed by atoms with Crippen LogP contribution >= 0.6 is 0 Å². The summed E-state index contributed by atoms with van der Waals surface area (Å²) in [5.41, 5.74) is 6.46. The van der Waals surface area contributed by atoms with Crippen LogP contribution in [0.2, 0.25) is 0 Å². The largest absolute Gasteiger partial charge is 0.328 e. The molecule has 0 spiro atoms. The van der Waals surface area contributed by atoms with Crippen molar-refractivity contribution >= 4 is 5.91 Å². The lowest BCUT2D eigenvalue weighted by Crippen LogP contribution is -2.60. The van der Waals surface area contributed by atoms with Gasteiger partial charge in [-0.3, -0.25) is 4.79 Å². The van der Waals surface area contributed by atoms with Crippen molar-refractivity contribution < 1.29 is 4.79 Å². The van der Waals surface area contributed by atoms with E-state index in [0.29, 0.717) is 6.54 Å². The predicted molar refractivity (Wildman–Crippen MR) is 76.4 cm³/mol. The summed E-state index contributed by atoms with van der Waals surface area (Å²) in [4.78, 5) is 14.2. The molecular weight excluding hydrogens is 250 g/mol. The minimum Gasteiger partial charge on any atom is -0.328 e. The van der Waals surface area contributed by atoms with Crippen molar-refractivity contribution in [2.45, 2.75) is 51.5 Å². The van der Waals surface area contributed by atoms with Crippen LogP contribution in [0.15, 0.2) is 0 Å². The molecule has 4 nitrogen and oxygen atoms in total. The molecule has 1 atom stereocenters. The van der Waals surface area contributed by atoms with Crippen LogP contribution in [0.5, 0.6) is 0 Å². The first-order chi connectivity index (χ1) is 9.58. The van der Waals surface area contributed by atoms with E-state index in [0.717, 1.165) is 37.0 Å². The molecule has 1 amide bonds. The van der Waals surface area contributed by atoms with Crippen LogP contribution in [0, 0.1) is 34.5 Å². The van der Waals surface area contributed by atoms with E-state index in [2.05, 4.69) is 6.07 Å². The van der Waals surface area contributed by atoms with Gasteiger partial charge in [0.15, 0.2) is 0 Å². The number of likely N-dealkylation sites (N-methyl/N-ethyl adjacent to an activating group) is 1. The Hall–Kier alpha value is -1.08. The molecule has 2 N–H and O–H groups in total. The van der Waals surface area contributed by atoms with Gasteiger partial charge >= 0.3 is 0 Å². The molecule has 4 aliphatic carbocycles. The Kier molecular flexibility index (Phi) is 3.50. The third kappa shape index (κ3) is 2.13. The summed E-state index contributed by atoms with van der Waals surface area (Å²) in [6, 6.07) is 1.68.